The maximum Gasteiger partial charge on any atom is 0.338 e. The Morgan fingerprint density at radius 3 is 2.00 bits per heavy atom. The van der Waals surface area contributed by atoms with Gasteiger partial charge in [-0.1, -0.05) is 42.5 Å². The van der Waals surface area contributed by atoms with Crippen LogP contribution >= 0.6 is 0 Å². The second-order valence-electron chi connectivity index (χ2n) is 7.05. The Bertz CT molecular complexity index is 956. The molecule has 0 aromatic heterocycles. The van der Waals surface area contributed by atoms with Gasteiger partial charge in [0.1, 0.15) is 12.7 Å². The molecule has 8 nitrogen and oxygen atoms in total. The van der Waals surface area contributed by atoms with Gasteiger partial charge in [-0.3, -0.25) is 4.79 Å². The molecule has 8 heteroatoms. The van der Waals surface area contributed by atoms with Gasteiger partial charge in [-0.25, -0.2) is 9.59 Å². The first-order valence-electron chi connectivity index (χ1n) is 9.55. The number of benzene rings is 2. The molecule has 4 unspecified atom stereocenters. The maximum atomic E-state index is 12.5. The van der Waals surface area contributed by atoms with E-state index >= 15 is 0 Å². The van der Waals surface area contributed by atoms with Crippen molar-refractivity contribution in [2.45, 2.75) is 30.8 Å². The van der Waals surface area contributed by atoms with Crippen LogP contribution in [0.25, 0.3) is 0 Å². The molecule has 0 bridgehead atoms. The molecule has 0 saturated carbocycles. The Kier molecular flexibility index (Phi) is 6.84. The lowest BCUT2D eigenvalue weighted by atomic mass is 9.84. The third kappa shape index (κ3) is 5.36. The smallest absolute Gasteiger partial charge is 0.338 e. The molecular weight excluding hydrogens is 404 g/mol. The van der Waals surface area contributed by atoms with Gasteiger partial charge >= 0.3 is 17.9 Å². The fourth-order valence-corrected chi connectivity index (χ4v) is 3.15. The van der Waals surface area contributed by atoms with Crippen molar-refractivity contribution in [2.24, 2.45) is 0 Å². The molecule has 2 aromatic rings. The topological polar surface area (TPSA) is 119 Å². The van der Waals surface area contributed by atoms with E-state index in [1.807, 2.05) is 0 Å². The normalized spacial score (nSPS) is 24.8. The lowest BCUT2D eigenvalue weighted by Gasteiger charge is -2.41. The average Bonchev–Trinajstić information content (AvgIpc) is 2.78. The fraction of sp³-hybridized carbons (Fsp3) is 0.261. The van der Waals surface area contributed by atoms with Crippen LogP contribution in [0.5, 0.6) is 0 Å². The molecule has 0 heterocycles. The van der Waals surface area contributed by atoms with Crippen LogP contribution in [-0.4, -0.2) is 58.6 Å². The van der Waals surface area contributed by atoms with Crippen molar-refractivity contribution in [3.63, 3.8) is 0 Å². The highest BCUT2D eigenvalue weighted by atomic mass is 16.6. The minimum Gasteiger partial charge on any atom is -0.459 e. The lowest BCUT2D eigenvalue weighted by Crippen LogP contribution is -2.60. The number of carbonyl (C=O) groups is 3. The van der Waals surface area contributed by atoms with Crippen LogP contribution in [0, 0.1) is 0 Å². The van der Waals surface area contributed by atoms with Gasteiger partial charge in [-0.2, -0.15) is 0 Å². The zero-order valence-electron chi connectivity index (χ0n) is 16.7. The van der Waals surface area contributed by atoms with Crippen LogP contribution in [0.1, 0.15) is 27.6 Å². The summed E-state index contributed by atoms with van der Waals surface area (Å²) in [5, 5.41) is 21.5. The fourth-order valence-electron chi connectivity index (χ4n) is 3.15. The highest BCUT2D eigenvalue weighted by molar-refractivity contribution is 5.90. The Morgan fingerprint density at radius 1 is 0.903 bits per heavy atom. The minimum absolute atomic E-state index is 0.213. The van der Waals surface area contributed by atoms with E-state index in [-0.39, 0.29) is 11.1 Å². The third-order valence-electron chi connectivity index (χ3n) is 4.70. The molecule has 31 heavy (non-hydrogen) atoms. The summed E-state index contributed by atoms with van der Waals surface area (Å²) >= 11 is 0. The first-order valence-corrected chi connectivity index (χ1v) is 9.55. The lowest BCUT2D eigenvalue weighted by molar-refractivity contribution is -0.187. The van der Waals surface area contributed by atoms with E-state index in [2.05, 4.69) is 0 Å². The molecule has 0 saturated heterocycles. The summed E-state index contributed by atoms with van der Waals surface area (Å²) in [5.74, 6) is -2.25. The quantitative estimate of drug-likeness (QED) is 0.407. The predicted octanol–water partition coefficient (Wildman–Crippen LogP) is 1.66. The zero-order chi connectivity index (χ0) is 22.4. The van der Waals surface area contributed by atoms with Crippen LogP contribution in [0.3, 0.4) is 0 Å². The Balaban J connectivity index is 1.81. The monoisotopic (exact) mass is 426 g/mol. The molecule has 0 spiro atoms. The number of carbonyl (C=O) groups excluding carboxylic acids is 3. The third-order valence-corrected chi connectivity index (χ3v) is 4.70. The van der Waals surface area contributed by atoms with Crippen LogP contribution in [-0.2, 0) is 19.0 Å². The summed E-state index contributed by atoms with van der Waals surface area (Å²) in [4.78, 5) is 36.4. The van der Waals surface area contributed by atoms with E-state index in [1.54, 1.807) is 48.5 Å². The zero-order valence-corrected chi connectivity index (χ0v) is 16.7. The van der Waals surface area contributed by atoms with Crippen molar-refractivity contribution in [1.82, 2.24) is 0 Å². The van der Waals surface area contributed by atoms with Gasteiger partial charge in [0.2, 0.25) is 0 Å². The maximum absolute atomic E-state index is 12.5. The molecule has 2 N–H and O–H groups in total. The van der Waals surface area contributed by atoms with Gasteiger partial charge in [0, 0.05) is 6.92 Å². The molecule has 0 amide bonds. The number of hydrogen-bond donors (Lipinski definition) is 2. The van der Waals surface area contributed by atoms with Crippen molar-refractivity contribution in [2.75, 3.05) is 6.61 Å². The van der Waals surface area contributed by atoms with E-state index in [9.17, 15) is 24.6 Å². The van der Waals surface area contributed by atoms with E-state index in [0.717, 1.165) is 13.0 Å². The molecular formula is C23H22O8. The van der Waals surface area contributed by atoms with Gasteiger partial charge in [-0.15, -0.1) is 0 Å². The molecule has 0 fully saturated rings. The largest absolute Gasteiger partial charge is 0.459 e. The first-order chi connectivity index (χ1) is 14.8. The molecule has 3 rings (SSSR count). The van der Waals surface area contributed by atoms with Crippen molar-refractivity contribution < 1.29 is 38.8 Å². The number of rotatable bonds is 6. The molecule has 1 aliphatic carbocycles. The molecule has 0 radical (unpaired) electrons. The number of hydrogen-bond acceptors (Lipinski definition) is 8. The molecule has 0 aliphatic heterocycles. The highest BCUT2D eigenvalue weighted by Crippen LogP contribution is 2.30. The number of ether oxygens (including phenoxy) is 3. The summed E-state index contributed by atoms with van der Waals surface area (Å²) in [5.41, 5.74) is -1.55. The summed E-state index contributed by atoms with van der Waals surface area (Å²) in [6.45, 7) is 0.512. The molecule has 1 aliphatic rings. The van der Waals surface area contributed by atoms with Crippen molar-refractivity contribution in [3.8, 4) is 0 Å². The van der Waals surface area contributed by atoms with E-state index < -0.39 is 48.4 Å². The summed E-state index contributed by atoms with van der Waals surface area (Å²) in [6, 6.07) is 16.2. The van der Waals surface area contributed by atoms with Crippen LogP contribution in [0.4, 0.5) is 0 Å². The second-order valence-corrected chi connectivity index (χ2v) is 7.05. The van der Waals surface area contributed by atoms with Crippen molar-refractivity contribution >= 4 is 17.9 Å². The molecule has 162 valence electrons. The Labute approximate surface area is 178 Å². The second kappa shape index (κ2) is 9.55. The van der Waals surface area contributed by atoms with Crippen LogP contribution < -0.4 is 0 Å². The number of aliphatic hydroxyl groups excluding tert-OH is 1. The number of esters is 3. The van der Waals surface area contributed by atoms with Crippen molar-refractivity contribution in [3.05, 3.63) is 83.9 Å². The number of aliphatic hydroxyl groups is 2. The Hall–Kier alpha value is -3.49. The van der Waals surface area contributed by atoms with Crippen molar-refractivity contribution in [1.29, 1.82) is 0 Å². The minimum atomic E-state index is -2.03. The molecule has 4 atom stereocenters. The van der Waals surface area contributed by atoms with Gasteiger partial charge in [0.15, 0.2) is 17.8 Å². The summed E-state index contributed by atoms with van der Waals surface area (Å²) < 4.78 is 15.8. The summed E-state index contributed by atoms with van der Waals surface area (Å²) in [7, 11) is 0. The standard InChI is InChI=1S/C23H22O8/c1-15(24)30-20-19(31-22(27)17-10-6-3-7-11-17)18(25)12-13-23(20,28)14-29-21(26)16-8-4-2-5-9-16/h2-13,18-20,25,28H,14H2,1H3. The van der Waals surface area contributed by atoms with E-state index in [1.165, 1.54) is 18.2 Å². The predicted molar refractivity (Wildman–Crippen MR) is 108 cm³/mol. The van der Waals surface area contributed by atoms with Gasteiger partial charge < -0.3 is 24.4 Å². The van der Waals surface area contributed by atoms with Gasteiger partial charge in [0.05, 0.1) is 11.1 Å². The van der Waals surface area contributed by atoms with E-state index in [4.69, 9.17) is 14.2 Å². The summed E-state index contributed by atoms with van der Waals surface area (Å²) in [6.07, 6.45) is -1.94. The SMILES string of the molecule is CC(=O)OC1C(OC(=O)c2ccccc2)C(O)C=CC1(O)COC(=O)c1ccccc1. The molecule has 2 aromatic carbocycles. The average molecular weight is 426 g/mol. The van der Waals surface area contributed by atoms with Crippen LogP contribution in [0.2, 0.25) is 0 Å². The highest BCUT2D eigenvalue weighted by Gasteiger charge is 2.50. The van der Waals surface area contributed by atoms with E-state index in [0.29, 0.717) is 0 Å². The first kappa shape index (κ1) is 22.2. The van der Waals surface area contributed by atoms with Gasteiger partial charge in [0.25, 0.3) is 0 Å². The van der Waals surface area contributed by atoms with Crippen LogP contribution in [0.15, 0.2) is 72.8 Å². The van der Waals surface area contributed by atoms with Gasteiger partial charge in [-0.05, 0) is 30.3 Å². The Morgan fingerprint density at radius 2 is 1.45 bits per heavy atom.